The van der Waals surface area contributed by atoms with E-state index in [0.29, 0.717) is 10.5 Å². The molecule has 6 nitrogen and oxygen atoms in total. The summed E-state index contributed by atoms with van der Waals surface area (Å²) in [5.74, 6) is 0. The van der Waals surface area contributed by atoms with Crippen LogP contribution in [0.1, 0.15) is 0 Å². The Morgan fingerprint density at radius 3 is 2.88 bits per heavy atom. The van der Waals surface area contributed by atoms with E-state index in [9.17, 15) is 4.79 Å². The van der Waals surface area contributed by atoms with Gasteiger partial charge >= 0.3 is 0 Å². The lowest BCUT2D eigenvalue weighted by atomic mass is 10.1. The van der Waals surface area contributed by atoms with Crippen LogP contribution in [-0.2, 0) is 7.05 Å². The third-order valence-electron chi connectivity index (χ3n) is 4.43. The van der Waals surface area contributed by atoms with Crippen LogP contribution in [0.3, 0.4) is 0 Å². The van der Waals surface area contributed by atoms with Gasteiger partial charge in [-0.05, 0) is 24.3 Å². The normalized spacial score (nSPS) is 11.8. The lowest BCUT2D eigenvalue weighted by molar-refractivity contribution is 0.777. The van der Waals surface area contributed by atoms with E-state index in [-0.39, 0.29) is 5.56 Å². The smallest absolute Gasteiger partial charge is 0.278 e. The third kappa shape index (κ3) is 1.94. The fourth-order valence-electron chi connectivity index (χ4n) is 3.36. The van der Waals surface area contributed by atoms with Crippen LogP contribution in [0, 0.1) is 0 Å². The number of aromatic nitrogens is 5. The first-order valence-corrected chi connectivity index (χ1v) is 8.11. The Hall–Kier alpha value is -3.12. The molecule has 1 N–H and O–H groups in total. The molecule has 0 atom stereocenters. The van der Waals surface area contributed by atoms with Crippen molar-refractivity contribution in [2.45, 2.75) is 0 Å². The molecule has 5 aromatic rings. The average molecular weight is 350 g/mol. The molecule has 0 saturated heterocycles. The average Bonchev–Trinajstić information content (AvgIpc) is 3.21. The minimum atomic E-state index is -0.181. The second-order valence-corrected chi connectivity index (χ2v) is 6.41. The summed E-state index contributed by atoms with van der Waals surface area (Å²) < 4.78 is 3.32. The fraction of sp³-hybridized carbons (Fsp3) is 0.0556. The number of aromatic amines is 1. The standard InChI is InChI=1S/C18H12ClN5O/c1-23-9-13-11-6-5-10(19)7-16(11)24(18(25)17(13)22-23)15-4-2-3-14-12(15)8-20-21-14/h2-9H,1H3,(H,20,21). The number of aryl methyl sites for hydroxylation is 1. The number of nitrogens with zero attached hydrogens (tertiary/aromatic N) is 4. The molecule has 0 fully saturated rings. The van der Waals surface area contributed by atoms with Crippen LogP contribution in [0.15, 0.2) is 53.6 Å². The van der Waals surface area contributed by atoms with E-state index in [0.717, 1.165) is 32.9 Å². The van der Waals surface area contributed by atoms with E-state index in [2.05, 4.69) is 15.3 Å². The molecule has 7 heteroatoms. The number of H-pyrrole nitrogens is 1. The number of fused-ring (bicyclic) bond motifs is 4. The first-order chi connectivity index (χ1) is 12.1. The molecule has 0 aliphatic rings. The molecule has 0 bridgehead atoms. The number of hydrogen-bond acceptors (Lipinski definition) is 3. The largest absolute Gasteiger partial charge is 0.284 e. The molecular formula is C18H12ClN5O. The summed E-state index contributed by atoms with van der Waals surface area (Å²) in [6.45, 7) is 0. The predicted molar refractivity (Wildman–Crippen MR) is 98.5 cm³/mol. The van der Waals surface area contributed by atoms with Gasteiger partial charge in [-0.15, -0.1) is 0 Å². The molecule has 3 aromatic heterocycles. The molecule has 5 rings (SSSR count). The van der Waals surface area contributed by atoms with E-state index < -0.39 is 0 Å². The third-order valence-corrected chi connectivity index (χ3v) is 4.66. The Kier molecular flexibility index (Phi) is 2.81. The van der Waals surface area contributed by atoms with Gasteiger partial charge in [0, 0.05) is 34.4 Å². The molecule has 0 aliphatic carbocycles. The van der Waals surface area contributed by atoms with Gasteiger partial charge < -0.3 is 0 Å². The molecule has 0 radical (unpaired) electrons. The molecule has 122 valence electrons. The molecular weight excluding hydrogens is 338 g/mol. The van der Waals surface area contributed by atoms with Crippen LogP contribution in [0.4, 0.5) is 0 Å². The highest BCUT2D eigenvalue weighted by molar-refractivity contribution is 6.31. The van der Waals surface area contributed by atoms with Gasteiger partial charge in [0.15, 0.2) is 5.52 Å². The maximum absolute atomic E-state index is 13.2. The minimum absolute atomic E-state index is 0.181. The van der Waals surface area contributed by atoms with Crippen LogP contribution in [0.5, 0.6) is 0 Å². The topological polar surface area (TPSA) is 68.5 Å². The van der Waals surface area contributed by atoms with Gasteiger partial charge in [-0.2, -0.15) is 10.2 Å². The first-order valence-electron chi connectivity index (χ1n) is 7.73. The summed E-state index contributed by atoms with van der Waals surface area (Å²) in [4.78, 5) is 13.2. The minimum Gasteiger partial charge on any atom is -0.278 e. The summed E-state index contributed by atoms with van der Waals surface area (Å²) in [5.41, 5.74) is 2.60. The summed E-state index contributed by atoms with van der Waals surface area (Å²) in [7, 11) is 1.81. The molecule has 0 spiro atoms. The lowest BCUT2D eigenvalue weighted by Crippen LogP contribution is -2.19. The molecule has 25 heavy (non-hydrogen) atoms. The number of halogens is 1. The number of rotatable bonds is 1. The molecule has 2 aromatic carbocycles. The Morgan fingerprint density at radius 2 is 2.00 bits per heavy atom. The molecule has 0 aliphatic heterocycles. The summed E-state index contributed by atoms with van der Waals surface area (Å²) in [6.07, 6.45) is 3.58. The summed E-state index contributed by atoms with van der Waals surface area (Å²) in [5, 5.41) is 14.6. The predicted octanol–water partition coefficient (Wildman–Crippen LogP) is 3.41. The zero-order valence-electron chi connectivity index (χ0n) is 13.2. The van der Waals surface area contributed by atoms with Crippen molar-refractivity contribution in [2.24, 2.45) is 7.05 Å². The summed E-state index contributed by atoms with van der Waals surface area (Å²) >= 11 is 6.23. The van der Waals surface area contributed by atoms with Gasteiger partial charge in [0.2, 0.25) is 0 Å². The van der Waals surface area contributed by atoms with Gasteiger partial charge in [0.05, 0.1) is 22.9 Å². The van der Waals surface area contributed by atoms with Gasteiger partial charge in [-0.3, -0.25) is 19.1 Å². The van der Waals surface area contributed by atoms with E-state index in [4.69, 9.17) is 11.6 Å². The van der Waals surface area contributed by atoms with Crippen molar-refractivity contribution in [1.82, 2.24) is 24.5 Å². The van der Waals surface area contributed by atoms with Crippen LogP contribution in [0.25, 0.3) is 38.4 Å². The Bertz CT molecular complexity index is 1340. The summed E-state index contributed by atoms with van der Waals surface area (Å²) in [6, 6.07) is 11.3. The van der Waals surface area contributed by atoms with Gasteiger partial charge in [0.1, 0.15) is 0 Å². The molecule has 3 heterocycles. The van der Waals surface area contributed by atoms with Crippen molar-refractivity contribution in [3.63, 3.8) is 0 Å². The van der Waals surface area contributed by atoms with Crippen molar-refractivity contribution in [3.8, 4) is 5.69 Å². The van der Waals surface area contributed by atoms with Crippen molar-refractivity contribution in [2.75, 3.05) is 0 Å². The number of pyridine rings is 1. The van der Waals surface area contributed by atoms with Crippen molar-refractivity contribution >= 4 is 44.3 Å². The Balaban J connectivity index is 2.07. The highest BCUT2D eigenvalue weighted by atomic mass is 35.5. The van der Waals surface area contributed by atoms with Crippen LogP contribution in [-0.4, -0.2) is 24.5 Å². The van der Waals surface area contributed by atoms with E-state index in [1.54, 1.807) is 15.4 Å². The van der Waals surface area contributed by atoms with Gasteiger partial charge in [-0.1, -0.05) is 23.7 Å². The van der Waals surface area contributed by atoms with Crippen LogP contribution < -0.4 is 5.56 Å². The molecule has 0 saturated carbocycles. The Labute approximate surface area is 146 Å². The SMILES string of the molecule is Cn1cc2c(n1)c(=O)n(-c1cccc3[nH]ncc13)c1cc(Cl)ccc21. The van der Waals surface area contributed by atoms with Crippen molar-refractivity contribution in [3.05, 3.63) is 64.2 Å². The number of hydrogen-bond donors (Lipinski definition) is 1. The zero-order valence-corrected chi connectivity index (χ0v) is 13.9. The van der Waals surface area contributed by atoms with Crippen molar-refractivity contribution in [1.29, 1.82) is 0 Å². The van der Waals surface area contributed by atoms with Crippen LogP contribution in [0.2, 0.25) is 5.02 Å². The van der Waals surface area contributed by atoms with Gasteiger partial charge in [-0.25, -0.2) is 0 Å². The number of benzene rings is 2. The molecule has 0 unspecified atom stereocenters. The zero-order chi connectivity index (χ0) is 17.1. The quantitative estimate of drug-likeness (QED) is 0.504. The molecule has 0 amide bonds. The lowest BCUT2D eigenvalue weighted by Gasteiger charge is -2.12. The highest BCUT2D eigenvalue weighted by Crippen LogP contribution is 2.29. The number of nitrogens with one attached hydrogen (secondary N) is 1. The first kappa shape index (κ1) is 14.2. The highest BCUT2D eigenvalue weighted by Gasteiger charge is 2.17. The van der Waals surface area contributed by atoms with Gasteiger partial charge in [0.25, 0.3) is 5.56 Å². The Morgan fingerprint density at radius 1 is 1.12 bits per heavy atom. The monoisotopic (exact) mass is 349 g/mol. The van der Waals surface area contributed by atoms with E-state index >= 15 is 0 Å². The van der Waals surface area contributed by atoms with E-state index in [1.165, 1.54) is 0 Å². The van der Waals surface area contributed by atoms with Crippen molar-refractivity contribution < 1.29 is 0 Å². The van der Waals surface area contributed by atoms with E-state index in [1.807, 2.05) is 49.6 Å². The fourth-order valence-corrected chi connectivity index (χ4v) is 3.53. The maximum atomic E-state index is 13.2. The van der Waals surface area contributed by atoms with Crippen LogP contribution >= 0.6 is 11.6 Å². The maximum Gasteiger partial charge on any atom is 0.284 e. The second kappa shape index (κ2) is 4.94. The second-order valence-electron chi connectivity index (χ2n) is 5.98.